The summed E-state index contributed by atoms with van der Waals surface area (Å²) in [7, 11) is 0. The van der Waals surface area contributed by atoms with Crippen LogP contribution in [0, 0.1) is 0 Å². The van der Waals surface area contributed by atoms with Gasteiger partial charge in [-0.3, -0.25) is 14.4 Å². The fourth-order valence-corrected chi connectivity index (χ4v) is 5.47. The molecular weight excluding hydrogens is 550 g/mol. The van der Waals surface area contributed by atoms with Crippen LogP contribution in [0.5, 0.6) is 0 Å². The van der Waals surface area contributed by atoms with Crippen molar-refractivity contribution < 1.29 is 14.4 Å². The third-order valence-corrected chi connectivity index (χ3v) is 7.60. The Morgan fingerprint density at radius 1 is 1.07 bits per heavy atom. The van der Waals surface area contributed by atoms with Gasteiger partial charge < -0.3 is 16.0 Å². The number of fused-ring (bicyclic) bond motifs is 1. The summed E-state index contributed by atoms with van der Waals surface area (Å²) in [5.74, 6) is -0.252. The largest absolute Gasteiger partial charge is 0.354 e. The van der Waals surface area contributed by atoms with E-state index in [-0.39, 0.29) is 24.1 Å². The Morgan fingerprint density at radius 3 is 2.73 bits per heavy atom. The fraction of sp³-hybridized carbons (Fsp3) is 0.214. The number of anilines is 1. The van der Waals surface area contributed by atoms with Gasteiger partial charge in [0, 0.05) is 22.9 Å². The average Bonchev–Trinajstić information content (AvgIpc) is 3.48. The number of carbonyl (C=O) groups excluding carboxylic acids is 3. The molecule has 3 amide bonds. The van der Waals surface area contributed by atoms with Gasteiger partial charge in [0.15, 0.2) is 0 Å². The van der Waals surface area contributed by atoms with Crippen LogP contribution in [0.25, 0.3) is 5.69 Å². The normalized spacial score (nSPS) is 13.2. The number of benzene rings is 3. The molecule has 4 aromatic rings. The van der Waals surface area contributed by atoms with Crippen LogP contribution in [0.15, 0.2) is 78.0 Å². The maximum absolute atomic E-state index is 13.3. The summed E-state index contributed by atoms with van der Waals surface area (Å²) < 4.78 is 1.54. The van der Waals surface area contributed by atoms with E-state index in [2.05, 4.69) is 31.5 Å². The van der Waals surface area contributed by atoms with Crippen LogP contribution < -0.4 is 16.0 Å². The minimum Gasteiger partial charge on any atom is -0.354 e. The smallest absolute Gasteiger partial charge is 0.242 e. The molecule has 3 aromatic carbocycles. The maximum Gasteiger partial charge on any atom is 0.242 e. The van der Waals surface area contributed by atoms with Crippen LogP contribution in [0.1, 0.15) is 16.7 Å². The van der Waals surface area contributed by atoms with Gasteiger partial charge in [-0.25, -0.2) is 4.68 Å². The highest BCUT2D eigenvalue weighted by Gasteiger charge is 2.22. The highest BCUT2D eigenvalue weighted by atomic mass is 35.5. The molecule has 0 saturated heterocycles. The summed E-state index contributed by atoms with van der Waals surface area (Å²) in [6.45, 7) is 0.323. The molecule has 2 heterocycles. The minimum absolute atomic E-state index is 0.0419. The lowest BCUT2D eigenvalue weighted by Gasteiger charge is -2.20. The molecule has 1 aromatic heterocycles. The van der Waals surface area contributed by atoms with Gasteiger partial charge >= 0.3 is 0 Å². The number of hydrogen-bond donors (Lipinski definition) is 3. The quantitative estimate of drug-likeness (QED) is 0.265. The average molecular weight is 576 g/mol. The van der Waals surface area contributed by atoms with Gasteiger partial charge in [0.2, 0.25) is 17.7 Å². The first-order valence-corrected chi connectivity index (χ1v) is 14.0. The van der Waals surface area contributed by atoms with Crippen LogP contribution in [0.2, 0.25) is 5.02 Å². The van der Waals surface area contributed by atoms with E-state index in [1.165, 1.54) is 18.1 Å². The van der Waals surface area contributed by atoms with Crippen molar-refractivity contribution in [3.05, 3.63) is 94.8 Å². The second-order valence-corrected chi connectivity index (χ2v) is 10.7. The van der Waals surface area contributed by atoms with Crippen LogP contribution in [-0.2, 0) is 33.6 Å². The van der Waals surface area contributed by atoms with Gasteiger partial charge in [-0.2, -0.15) is 0 Å². The van der Waals surface area contributed by atoms with Crippen LogP contribution in [-0.4, -0.2) is 56.3 Å². The highest BCUT2D eigenvalue weighted by molar-refractivity contribution is 8.00. The number of nitrogens with zero attached hydrogens (tertiary/aromatic N) is 4. The van der Waals surface area contributed by atoms with Crippen LogP contribution in [0.3, 0.4) is 0 Å². The summed E-state index contributed by atoms with van der Waals surface area (Å²) >= 11 is 7.65. The number of halogens is 1. The first-order chi connectivity index (χ1) is 19.4. The minimum atomic E-state index is -0.764. The summed E-state index contributed by atoms with van der Waals surface area (Å²) in [5.41, 5.74) is 4.11. The Balaban J connectivity index is 1.24. The molecule has 10 nitrogen and oxygen atoms in total. The van der Waals surface area contributed by atoms with E-state index in [1.807, 2.05) is 54.6 Å². The summed E-state index contributed by atoms with van der Waals surface area (Å²) in [6.07, 6.45) is 2.43. The Kier molecular flexibility index (Phi) is 8.72. The zero-order valence-corrected chi connectivity index (χ0v) is 22.9. The Bertz CT molecular complexity index is 1520. The molecular formula is C28H26ClN7O3S. The van der Waals surface area contributed by atoms with Gasteiger partial charge in [-0.05, 0) is 63.9 Å². The molecule has 1 aliphatic rings. The van der Waals surface area contributed by atoms with Crippen molar-refractivity contribution in [2.75, 3.05) is 17.6 Å². The Hall–Kier alpha value is -4.22. The topological polar surface area (TPSA) is 131 Å². The van der Waals surface area contributed by atoms with Gasteiger partial charge in [0.1, 0.15) is 12.4 Å². The number of hydrogen-bond acceptors (Lipinski definition) is 7. The Labute approximate surface area is 239 Å². The predicted molar refractivity (Wildman–Crippen MR) is 152 cm³/mol. The molecule has 1 atom stereocenters. The molecule has 0 spiro atoms. The second kappa shape index (κ2) is 12.8. The molecule has 40 heavy (non-hydrogen) atoms. The van der Waals surface area contributed by atoms with E-state index in [4.69, 9.17) is 11.6 Å². The fourth-order valence-electron chi connectivity index (χ4n) is 4.41. The zero-order chi connectivity index (χ0) is 27.9. The SMILES string of the molecule is O=C1CSc2cc(CC(=O)N[C@@H](Cc3ccccc3)C(=O)NCCc3cc(Cl)ccc3-n3cnnn3)ccc2N1. The molecule has 0 bridgehead atoms. The molecule has 3 N–H and O–H groups in total. The van der Waals surface area contributed by atoms with E-state index in [0.29, 0.717) is 30.2 Å². The van der Waals surface area contributed by atoms with Crippen LogP contribution >= 0.6 is 23.4 Å². The molecule has 204 valence electrons. The van der Waals surface area contributed by atoms with E-state index in [1.54, 1.807) is 16.8 Å². The number of amides is 3. The predicted octanol–water partition coefficient (Wildman–Crippen LogP) is 2.99. The number of carbonyl (C=O) groups is 3. The van der Waals surface area contributed by atoms with Crippen molar-refractivity contribution in [1.29, 1.82) is 0 Å². The number of nitrogens with one attached hydrogen (secondary N) is 3. The van der Waals surface area contributed by atoms with Gasteiger partial charge in [-0.15, -0.1) is 16.9 Å². The number of thioether (sulfide) groups is 1. The Morgan fingerprint density at radius 2 is 1.93 bits per heavy atom. The molecule has 5 rings (SSSR count). The number of rotatable bonds is 10. The summed E-state index contributed by atoms with van der Waals surface area (Å²) in [5, 5.41) is 20.6. The third-order valence-electron chi connectivity index (χ3n) is 6.31. The van der Waals surface area contributed by atoms with Gasteiger partial charge in [-0.1, -0.05) is 48.0 Å². The number of tetrazole rings is 1. The van der Waals surface area contributed by atoms with E-state index in [9.17, 15) is 14.4 Å². The monoisotopic (exact) mass is 575 g/mol. The van der Waals surface area contributed by atoms with Gasteiger partial charge in [0.25, 0.3) is 0 Å². The molecule has 0 unspecified atom stereocenters. The molecule has 1 aliphatic heterocycles. The first kappa shape index (κ1) is 27.4. The van der Waals surface area contributed by atoms with Crippen molar-refractivity contribution in [1.82, 2.24) is 30.8 Å². The van der Waals surface area contributed by atoms with Crippen molar-refractivity contribution in [2.24, 2.45) is 0 Å². The van der Waals surface area contributed by atoms with Gasteiger partial charge in [0.05, 0.1) is 23.5 Å². The third kappa shape index (κ3) is 7.04. The summed E-state index contributed by atoms with van der Waals surface area (Å²) in [4.78, 5) is 38.9. The zero-order valence-electron chi connectivity index (χ0n) is 21.3. The van der Waals surface area contributed by atoms with Crippen molar-refractivity contribution >= 4 is 46.8 Å². The maximum atomic E-state index is 13.3. The summed E-state index contributed by atoms with van der Waals surface area (Å²) in [6, 6.07) is 19.7. The van der Waals surface area contributed by atoms with E-state index < -0.39 is 6.04 Å². The lowest BCUT2D eigenvalue weighted by atomic mass is 10.0. The van der Waals surface area contributed by atoms with Crippen molar-refractivity contribution in [3.63, 3.8) is 0 Å². The number of aromatic nitrogens is 4. The van der Waals surface area contributed by atoms with E-state index >= 15 is 0 Å². The molecule has 0 radical (unpaired) electrons. The molecule has 12 heteroatoms. The lowest BCUT2D eigenvalue weighted by molar-refractivity contribution is -0.128. The first-order valence-electron chi connectivity index (χ1n) is 12.6. The van der Waals surface area contributed by atoms with Crippen molar-refractivity contribution in [2.45, 2.75) is 30.2 Å². The molecule has 0 fully saturated rings. The molecule has 0 aliphatic carbocycles. The van der Waals surface area contributed by atoms with Crippen molar-refractivity contribution in [3.8, 4) is 5.69 Å². The molecule has 0 saturated carbocycles. The second-order valence-electron chi connectivity index (χ2n) is 9.22. The van der Waals surface area contributed by atoms with Crippen LogP contribution in [0.4, 0.5) is 5.69 Å². The standard InChI is InChI=1S/C28H26ClN7O3S/c29-21-7-9-24(36-17-31-34-35-36)20(15-21)10-11-30-28(39)23(12-18-4-2-1-3-5-18)33-26(37)14-19-6-8-22-25(13-19)40-16-27(38)32-22/h1-9,13,15,17,23H,10-12,14,16H2,(H,30,39)(H,32,38)(H,33,37)/t23-/m0/s1. The highest BCUT2D eigenvalue weighted by Crippen LogP contribution is 2.32. The van der Waals surface area contributed by atoms with E-state index in [0.717, 1.165) is 33.0 Å². The lowest BCUT2D eigenvalue weighted by Crippen LogP contribution is -2.48.